The molecule has 1 heteroatoms. The Morgan fingerprint density at radius 2 is 1.38 bits per heavy atom. The van der Waals surface area contributed by atoms with Gasteiger partial charge in [-0.3, -0.25) is 0 Å². The number of allylic oxidation sites excluding steroid dienone is 6. The molecule has 39 heavy (non-hydrogen) atoms. The Hall–Kier alpha value is -2.80. The molecule has 0 bridgehead atoms. The lowest BCUT2D eigenvalue weighted by Crippen LogP contribution is -2.56. The summed E-state index contributed by atoms with van der Waals surface area (Å²) in [6, 6.07) is 13.7. The van der Waals surface area contributed by atoms with Gasteiger partial charge in [0.2, 0.25) is 0 Å². The third-order valence-electron chi connectivity index (χ3n) is 9.00. The van der Waals surface area contributed by atoms with E-state index in [-0.39, 0.29) is 16.2 Å². The predicted molar refractivity (Wildman–Crippen MR) is 171 cm³/mol. The normalized spacial score (nSPS) is 19.7. The molecule has 0 spiro atoms. The van der Waals surface area contributed by atoms with Gasteiger partial charge in [-0.1, -0.05) is 134 Å². The van der Waals surface area contributed by atoms with Crippen LogP contribution >= 0.6 is 0 Å². The van der Waals surface area contributed by atoms with Gasteiger partial charge in [0.25, 0.3) is 0 Å². The SMILES string of the molecule is C=C/C=C/C(C)(C)CC(CC)C1(C(C)(CC)CC(C)(C)/C=C/C=C)Oc2cc(C)ccc2-c2ccc(C)cc21. The van der Waals surface area contributed by atoms with Crippen molar-refractivity contribution in [2.75, 3.05) is 0 Å². The zero-order chi connectivity index (χ0) is 29.1. The molecule has 0 aromatic heterocycles. The molecule has 0 radical (unpaired) electrons. The maximum Gasteiger partial charge on any atom is 0.143 e. The fraction of sp³-hybridized carbons (Fsp3) is 0.474. The van der Waals surface area contributed by atoms with E-state index >= 15 is 0 Å². The van der Waals surface area contributed by atoms with Gasteiger partial charge in [0, 0.05) is 22.5 Å². The Labute approximate surface area is 239 Å². The van der Waals surface area contributed by atoms with Gasteiger partial charge in [-0.25, -0.2) is 0 Å². The van der Waals surface area contributed by atoms with Gasteiger partial charge in [-0.05, 0) is 67.6 Å². The summed E-state index contributed by atoms with van der Waals surface area (Å²) in [4.78, 5) is 0. The molecule has 1 aliphatic rings. The minimum absolute atomic E-state index is 0.00495. The van der Waals surface area contributed by atoms with Crippen LogP contribution in [0.3, 0.4) is 0 Å². The van der Waals surface area contributed by atoms with Crippen LogP contribution in [0.25, 0.3) is 11.1 Å². The standard InChI is InChI=1S/C38H52O/c1-12-16-22-35(7,8)26-30(14-3)38(37(11,15-4)27-36(9,10)23-17-13-2)33-24-28(5)18-20-31(33)32-21-19-29(6)25-34(32)39-38/h12-13,16-25,30H,1-2,14-15,26-27H2,3-11H3/b22-16+,23-17+. The van der Waals surface area contributed by atoms with Crippen molar-refractivity contribution >= 4 is 0 Å². The van der Waals surface area contributed by atoms with E-state index in [1.165, 1.54) is 27.8 Å². The lowest BCUT2D eigenvalue weighted by Gasteiger charge is -2.57. The fourth-order valence-corrected chi connectivity index (χ4v) is 7.13. The lowest BCUT2D eigenvalue weighted by atomic mass is 9.53. The molecule has 3 unspecified atom stereocenters. The molecule has 0 saturated carbocycles. The highest BCUT2D eigenvalue weighted by Crippen LogP contribution is 2.62. The minimum Gasteiger partial charge on any atom is -0.481 e. The highest BCUT2D eigenvalue weighted by atomic mass is 16.5. The summed E-state index contributed by atoms with van der Waals surface area (Å²) in [6.07, 6.45) is 16.6. The van der Waals surface area contributed by atoms with Crippen molar-refractivity contribution in [3.63, 3.8) is 0 Å². The predicted octanol–water partition coefficient (Wildman–Crippen LogP) is 11.3. The summed E-state index contributed by atoms with van der Waals surface area (Å²) >= 11 is 0. The Bertz CT molecular complexity index is 1240. The van der Waals surface area contributed by atoms with Crippen LogP contribution in [0.5, 0.6) is 5.75 Å². The summed E-state index contributed by atoms with van der Waals surface area (Å²) in [7, 11) is 0. The number of hydrogen-bond donors (Lipinski definition) is 0. The second kappa shape index (κ2) is 11.7. The molecular formula is C38H52O. The van der Waals surface area contributed by atoms with Crippen LogP contribution in [0.4, 0.5) is 0 Å². The van der Waals surface area contributed by atoms with E-state index in [1.807, 2.05) is 12.2 Å². The Morgan fingerprint density at radius 1 is 0.821 bits per heavy atom. The Morgan fingerprint density at radius 3 is 1.95 bits per heavy atom. The first-order valence-electron chi connectivity index (χ1n) is 14.8. The van der Waals surface area contributed by atoms with Gasteiger partial charge in [-0.2, -0.15) is 0 Å². The molecular weight excluding hydrogens is 472 g/mol. The average Bonchev–Trinajstić information content (AvgIpc) is 2.88. The summed E-state index contributed by atoms with van der Waals surface area (Å²) in [5, 5.41) is 0. The average molecular weight is 525 g/mol. The van der Waals surface area contributed by atoms with E-state index in [0.29, 0.717) is 5.92 Å². The molecule has 210 valence electrons. The van der Waals surface area contributed by atoms with Crippen LogP contribution in [0.15, 0.2) is 86.0 Å². The summed E-state index contributed by atoms with van der Waals surface area (Å²) < 4.78 is 7.60. The monoisotopic (exact) mass is 524 g/mol. The maximum atomic E-state index is 7.60. The molecule has 0 aliphatic carbocycles. The highest BCUT2D eigenvalue weighted by Gasteiger charge is 2.59. The number of aryl methyl sites for hydroxylation is 2. The zero-order valence-corrected chi connectivity index (χ0v) is 26.2. The molecule has 2 aromatic carbocycles. The van der Waals surface area contributed by atoms with E-state index < -0.39 is 5.60 Å². The van der Waals surface area contributed by atoms with Crippen LogP contribution in [-0.2, 0) is 5.60 Å². The van der Waals surface area contributed by atoms with Crippen LogP contribution in [0, 0.1) is 36.0 Å². The van der Waals surface area contributed by atoms with Crippen molar-refractivity contribution < 1.29 is 4.74 Å². The van der Waals surface area contributed by atoms with Crippen molar-refractivity contribution in [3.8, 4) is 16.9 Å². The Balaban J connectivity index is 2.41. The third kappa shape index (κ3) is 6.19. The molecule has 3 rings (SSSR count). The van der Waals surface area contributed by atoms with Crippen LogP contribution < -0.4 is 4.74 Å². The summed E-state index contributed by atoms with van der Waals surface area (Å²) in [5.74, 6) is 1.31. The molecule has 2 aromatic rings. The van der Waals surface area contributed by atoms with E-state index in [9.17, 15) is 0 Å². The van der Waals surface area contributed by atoms with Crippen molar-refractivity contribution in [1.82, 2.24) is 0 Å². The number of fused-ring (bicyclic) bond motifs is 3. The van der Waals surface area contributed by atoms with Crippen molar-refractivity contribution in [1.29, 1.82) is 0 Å². The van der Waals surface area contributed by atoms with Gasteiger partial charge < -0.3 is 4.74 Å². The minimum atomic E-state index is -0.503. The maximum absolute atomic E-state index is 7.60. The summed E-state index contributed by atoms with van der Waals surface area (Å²) in [6.45, 7) is 28.8. The molecule has 1 heterocycles. The van der Waals surface area contributed by atoms with E-state index in [1.54, 1.807) is 0 Å². The second-order valence-electron chi connectivity index (χ2n) is 13.5. The first-order chi connectivity index (χ1) is 18.3. The lowest BCUT2D eigenvalue weighted by molar-refractivity contribution is -0.131. The van der Waals surface area contributed by atoms with E-state index in [0.717, 1.165) is 31.4 Å². The van der Waals surface area contributed by atoms with Crippen molar-refractivity contribution in [2.45, 2.75) is 93.6 Å². The first kappa shape index (κ1) is 30.7. The number of rotatable bonds is 12. The highest BCUT2D eigenvalue weighted by molar-refractivity contribution is 5.77. The van der Waals surface area contributed by atoms with Crippen molar-refractivity contribution in [3.05, 3.63) is 103 Å². The van der Waals surface area contributed by atoms with Gasteiger partial charge >= 0.3 is 0 Å². The number of hydrogen-bond acceptors (Lipinski definition) is 1. The van der Waals surface area contributed by atoms with Gasteiger partial charge in [-0.15, -0.1) is 0 Å². The third-order valence-corrected chi connectivity index (χ3v) is 9.00. The summed E-state index contributed by atoms with van der Waals surface area (Å²) in [5.41, 5.74) is 5.70. The van der Waals surface area contributed by atoms with Crippen LogP contribution in [0.2, 0.25) is 0 Å². The molecule has 0 amide bonds. The first-order valence-corrected chi connectivity index (χ1v) is 14.8. The van der Waals surface area contributed by atoms with Crippen LogP contribution in [-0.4, -0.2) is 0 Å². The second-order valence-corrected chi connectivity index (χ2v) is 13.5. The van der Waals surface area contributed by atoms with Crippen molar-refractivity contribution in [2.24, 2.45) is 22.2 Å². The fourth-order valence-electron chi connectivity index (χ4n) is 7.13. The van der Waals surface area contributed by atoms with Gasteiger partial charge in [0.15, 0.2) is 0 Å². The van der Waals surface area contributed by atoms with E-state index in [2.05, 4.69) is 136 Å². The quantitative estimate of drug-likeness (QED) is 0.251. The number of benzene rings is 2. The molecule has 0 saturated heterocycles. The number of ether oxygens (including phenoxy) is 1. The van der Waals surface area contributed by atoms with Crippen LogP contribution in [0.1, 0.15) is 90.8 Å². The molecule has 1 nitrogen and oxygen atoms in total. The Kier molecular flexibility index (Phi) is 9.26. The molecule has 0 fully saturated rings. The van der Waals surface area contributed by atoms with Gasteiger partial charge in [0.1, 0.15) is 11.4 Å². The van der Waals surface area contributed by atoms with Gasteiger partial charge in [0.05, 0.1) is 0 Å². The van der Waals surface area contributed by atoms with E-state index in [4.69, 9.17) is 4.74 Å². The molecule has 3 atom stereocenters. The topological polar surface area (TPSA) is 9.23 Å². The largest absolute Gasteiger partial charge is 0.481 e. The zero-order valence-electron chi connectivity index (χ0n) is 26.2. The molecule has 0 N–H and O–H groups in total. The molecule has 1 aliphatic heterocycles. The smallest absolute Gasteiger partial charge is 0.143 e.